The van der Waals surface area contributed by atoms with Gasteiger partial charge < -0.3 is 5.32 Å². The molecule has 26 heavy (non-hydrogen) atoms. The van der Waals surface area contributed by atoms with Gasteiger partial charge in [0.1, 0.15) is 11.6 Å². The van der Waals surface area contributed by atoms with Crippen molar-refractivity contribution in [1.82, 2.24) is 20.2 Å². The average Bonchev–Trinajstić information content (AvgIpc) is 3.12. The summed E-state index contributed by atoms with van der Waals surface area (Å²) in [5.41, 5.74) is 0.628. The van der Waals surface area contributed by atoms with Crippen LogP contribution in [-0.2, 0) is 10.5 Å². The number of nitrogens with zero attached hydrogens (tertiary/aromatic N) is 4. The van der Waals surface area contributed by atoms with Crippen LogP contribution in [-0.4, -0.2) is 31.4 Å². The highest BCUT2D eigenvalue weighted by atomic mass is 32.2. The number of rotatable bonds is 6. The Balaban J connectivity index is 1.63. The summed E-state index contributed by atoms with van der Waals surface area (Å²) in [5, 5.41) is 13.5. The first-order chi connectivity index (χ1) is 12.5. The zero-order chi connectivity index (χ0) is 18.5. The molecule has 1 unspecified atom stereocenters. The molecule has 0 saturated carbocycles. The second kappa shape index (κ2) is 8.05. The summed E-state index contributed by atoms with van der Waals surface area (Å²) in [5.74, 6) is -0.785. The van der Waals surface area contributed by atoms with Crippen molar-refractivity contribution >= 4 is 23.4 Å². The average molecular weight is 375 g/mol. The molecule has 134 valence electrons. The fraction of sp³-hybridized carbons (Fsp3) is 0.176. The molecule has 1 aromatic heterocycles. The van der Waals surface area contributed by atoms with E-state index >= 15 is 0 Å². The lowest BCUT2D eigenvalue weighted by molar-refractivity contribution is -0.115. The van der Waals surface area contributed by atoms with Crippen molar-refractivity contribution in [3.63, 3.8) is 0 Å². The number of thioether (sulfide) groups is 1. The zero-order valence-electron chi connectivity index (χ0n) is 13.8. The van der Waals surface area contributed by atoms with E-state index in [0.29, 0.717) is 11.6 Å². The lowest BCUT2D eigenvalue weighted by Crippen LogP contribution is -2.23. The van der Waals surface area contributed by atoms with Crippen molar-refractivity contribution in [3.8, 4) is 5.69 Å². The summed E-state index contributed by atoms with van der Waals surface area (Å²) in [7, 11) is 0. The van der Waals surface area contributed by atoms with Gasteiger partial charge in [-0.1, -0.05) is 18.2 Å². The van der Waals surface area contributed by atoms with Crippen LogP contribution < -0.4 is 5.32 Å². The molecule has 0 spiro atoms. The molecule has 6 nitrogen and oxygen atoms in total. The largest absolute Gasteiger partial charge is 0.323 e. The van der Waals surface area contributed by atoms with Crippen molar-refractivity contribution in [2.75, 3.05) is 5.32 Å². The fourth-order valence-corrected chi connectivity index (χ4v) is 2.96. The van der Waals surface area contributed by atoms with Gasteiger partial charge >= 0.3 is 0 Å². The van der Waals surface area contributed by atoms with Gasteiger partial charge in [0.15, 0.2) is 5.82 Å². The van der Waals surface area contributed by atoms with Gasteiger partial charge in [0, 0.05) is 6.07 Å². The molecule has 1 N–H and O–H groups in total. The Bertz CT molecular complexity index is 903. The molecule has 0 saturated heterocycles. The molecule has 0 fully saturated rings. The number of tetrazole rings is 1. The Hall–Kier alpha value is -2.81. The lowest BCUT2D eigenvalue weighted by Gasteiger charge is -2.12. The Labute approximate surface area is 152 Å². The predicted molar refractivity (Wildman–Crippen MR) is 94.9 cm³/mol. The smallest absolute Gasteiger partial charge is 0.237 e. The Morgan fingerprint density at radius 1 is 1.23 bits per heavy atom. The van der Waals surface area contributed by atoms with Crippen LogP contribution in [0.3, 0.4) is 0 Å². The number of carbonyl (C=O) groups excluding carboxylic acids is 1. The normalized spacial score (nSPS) is 12.0. The maximum absolute atomic E-state index is 13.6. The first-order valence-corrected chi connectivity index (χ1v) is 8.79. The van der Waals surface area contributed by atoms with Crippen LogP contribution in [0.5, 0.6) is 0 Å². The number of amides is 1. The highest BCUT2D eigenvalue weighted by molar-refractivity contribution is 7.99. The maximum Gasteiger partial charge on any atom is 0.237 e. The lowest BCUT2D eigenvalue weighted by atomic mass is 10.3. The van der Waals surface area contributed by atoms with E-state index in [1.165, 1.54) is 11.8 Å². The van der Waals surface area contributed by atoms with Gasteiger partial charge in [0.25, 0.3) is 0 Å². The third kappa shape index (κ3) is 4.23. The minimum Gasteiger partial charge on any atom is -0.323 e. The molecular formula is C17H15F2N5OS. The number of para-hydroxylation sites is 1. The van der Waals surface area contributed by atoms with Crippen molar-refractivity contribution in [2.45, 2.75) is 17.9 Å². The quantitative estimate of drug-likeness (QED) is 0.716. The van der Waals surface area contributed by atoms with E-state index in [-0.39, 0.29) is 5.69 Å². The van der Waals surface area contributed by atoms with E-state index in [4.69, 9.17) is 0 Å². The summed E-state index contributed by atoms with van der Waals surface area (Å²) in [6, 6.07) is 12.3. The van der Waals surface area contributed by atoms with Gasteiger partial charge in [-0.15, -0.1) is 16.9 Å². The van der Waals surface area contributed by atoms with Crippen molar-refractivity contribution in [1.29, 1.82) is 0 Å². The molecule has 3 aromatic rings. The monoisotopic (exact) mass is 375 g/mol. The van der Waals surface area contributed by atoms with Gasteiger partial charge in [-0.25, -0.2) is 8.78 Å². The summed E-state index contributed by atoms with van der Waals surface area (Å²) in [6.45, 7) is 1.67. The Morgan fingerprint density at radius 2 is 2.00 bits per heavy atom. The number of hydrogen-bond donors (Lipinski definition) is 1. The molecule has 9 heteroatoms. The fourth-order valence-electron chi connectivity index (χ4n) is 2.17. The second-order valence-electron chi connectivity index (χ2n) is 5.41. The number of anilines is 1. The highest BCUT2D eigenvalue weighted by Gasteiger charge is 2.18. The third-order valence-electron chi connectivity index (χ3n) is 3.55. The molecule has 0 aliphatic rings. The van der Waals surface area contributed by atoms with E-state index in [9.17, 15) is 13.6 Å². The number of carbonyl (C=O) groups is 1. The van der Waals surface area contributed by atoms with Crippen molar-refractivity contribution in [2.24, 2.45) is 0 Å². The van der Waals surface area contributed by atoms with E-state index in [2.05, 4.69) is 20.8 Å². The van der Waals surface area contributed by atoms with Crippen LogP contribution in [0.2, 0.25) is 0 Å². The number of hydrogen-bond acceptors (Lipinski definition) is 5. The maximum atomic E-state index is 13.6. The summed E-state index contributed by atoms with van der Waals surface area (Å²) in [4.78, 5) is 12.2. The molecular weight excluding hydrogens is 360 g/mol. The summed E-state index contributed by atoms with van der Waals surface area (Å²) in [6.07, 6.45) is 0. The number of benzene rings is 2. The second-order valence-corrected chi connectivity index (χ2v) is 6.74. The summed E-state index contributed by atoms with van der Waals surface area (Å²) < 4.78 is 28.4. The van der Waals surface area contributed by atoms with Crippen LogP contribution in [0.4, 0.5) is 14.5 Å². The van der Waals surface area contributed by atoms with Gasteiger partial charge in [0.05, 0.1) is 22.4 Å². The molecule has 0 aliphatic heterocycles. The topological polar surface area (TPSA) is 72.7 Å². The van der Waals surface area contributed by atoms with Crippen LogP contribution in [0, 0.1) is 11.6 Å². The Kier molecular flexibility index (Phi) is 5.57. The molecule has 0 aliphatic carbocycles. The summed E-state index contributed by atoms with van der Waals surface area (Å²) >= 11 is 1.29. The minimum absolute atomic E-state index is 0.184. The highest BCUT2D eigenvalue weighted by Crippen LogP contribution is 2.21. The van der Waals surface area contributed by atoms with Crippen molar-refractivity contribution in [3.05, 3.63) is 66.0 Å². The molecule has 2 aromatic carbocycles. The van der Waals surface area contributed by atoms with E-state index in [0.717, 1.165) is 23.9 Å². The molecule has 1 atom stereocenters. The van der Waals surface area contributed by atoms with Gasteiger partial charge in [0.2, 0.25) is 5.91 Å². The van der Waals surface area contributed by atoms with Gasteiger partial charge in [-0.05, 0) is 41.6 Å². The first kappa shape index (κ1) is 18.0. The SMILES string of the molecule is CC(SCc1nnnn1-c1ccccc1)C(=O)Nc1cc(F)ccc1F. The van der Waals surface area contributed by atoms with Crippen LogP contribution in [0.15, 0.2) is 48.5 Å². The molecule has 3 rings (SSSR count). The van der Waals surface area contributed by atoms with E-state index in [1.807, 2.05) is 30.3 Å². The minimum atomic E-state index is -0.690. The van der Waals surface area contributed by atoms with Crippen LogP contribution in [0.1, 0.15) is 12.7 Å². The third-order valence-corrected chi connectivity index (χ3v) is 4.69. The molecule has 1 heterocycles. The molecule has 1 amide bonds. The molecule has 0 bridgehead atoms. The first-order valence-electron chi connectivity index (χ1n) is 7.75. The number of halogens is 2. The van der Waals surface area contributed by atoms with Crippen LogP contribution in [0.25, 0.3) is 5.69 Å². The number of aromatic nitrogens is 4. The van der Waals surface area contributed by atoms with Gasteiger partial charge in [-0.3, -0.25) is 4.79 Å². The van der Waals surface area contributed by atoms with Crippen LogP contribution >= 0.6 is 11.8 Å². The van der Waals surface area contributed by atoms with E-state index in [1.54, 1.807) is 11.6 Å². The standard InChI is InChI=1S/C17H15F2N5OS/c1-11(17(25)20-15-9-12(18)7-8-14(15)19)26-10-16-21-22-23-24(16)13-5-3-2-4-6-13/h2-9,11H,10H2,1H3,(H,20,25). The van der Waals surface area contributed by atoms with Crippen molar-refractivity contribution < 1.29 is 13.6 Å². The zero-order valence-corrected chi connectivity index (χ0v) is 14.6. The molecule has 0 radical (unpaired) electrons. The number of nitrogens with one attached hydrogen (secondary N) is 1. The Morgan fingerprint density at radius 3 is 2.77 bits per heavy atom. The van der Waals surface area contributed by atoms with E-state index < -0.39 is 22.8 Å². The van der Waals surface area contributed by atoms with Gasteiger partial charge in [-0.2, -0.15) is 4.68 Å². The predicted octanol–water partition coefficient (Wildman–Crippen LogP) is 3.20.